The molecule has 6 nitrogen and oxygen atoms in total. The van der Waals surface area contributed by atoms with Gasteiger partial charge in [0, 0.05) is 36.8 Å². The predicted octanol–water partition coefficient (Wildman–Crippen LogP) is 2.92. The number of fused-ring (bicyclic) bond motifs is 1. The molecule has 0 spiro atoms. The zero-order chi connectivity index (χ0) is 19.7. The second-order valence-electron chi connectivity index (χ2n) is 7.17. The molecule has 0 unspecified atom stereocenters. The van der Waals surface area contributed by atoms with Crippen molar-refractivity contribution >= 4 is 22.7 Å². The molecule has 0 radical (unpaired) electrons. The van der Waals surface area contributed by atoms with Gasteiger partial charge in [-0.15, -0.1) is 0 Å². The molecule has 1 saturated heterocycles. The number of benzene rings is 2. The minimum atomic E-state index is -0.126. The van der Waals surface area contributed by atoms with Crippen molar-refractivity contribution in [1.82, 2.24) is 15.2 Å². The Morgan fingerprint density at radius 1 is 1.11 bits per heavy atom. The molecule has 0 saturated carbocycles. The fraction of sp³-hybridized carbons (Fsp3) is 0.273. The number of nitrogens with one attached hydrogen (secondary N) is 2. The van der Waals surface area contributed by atoms with Crippen molar-refractivity contribution in [2.24, 2.45) is 0 Å². The Kier molecular flexibility index (Phi) is 4.77. The summed E-state index contributed by atoms with van der Waals surface area (Å²) in [7, 11) is 1.63. The number of hydrogen-bond donors (Lipinski definition) is 2. The molecule has 2 heterocycles. The average Bonchev–Trinajstić information content (AvgIpc) is 3.31. The number of rotatable bonds is 4. The van der Waals surface area contributed by atoms with E-state index in [4.69, 9.17) is 4.74 Å². The highest BCUT2D eigenvalue weighted by molar-refractivity contribution is 5.98. The van der Waals surface area contributed by atoms with Crippen LogP contribution in [0, 0.1) is 0 Å². The number of nitrogens with zero attached hydrogens (tertiary/aromatic N) is 1. The number of carbonyl (C=O) groups excluding carboxylic acids is 2. The first-order valence-electron chi connectivity index (χ1n) is 9.33. The number of para-hydroxylation sites is 1. The molecular weight excluding hydrogens is 354 g/mol. The standard InChI is InChI=1S/C22H23N3O3/c1-14(26)23-21-13-25(12-18(21)15-7-9-17(28-2)10-8-15)22(27)20-11-16-5-3-4-6-19(16)24-20/h3-11,18,21,24H,12-13H2,1-2H3,(H,23,26)/t18-,21+/m0/s1. The van der Waals surface area contributed by atoms with Gasteiger partial charge in [-0.2, -0.15) is 0 Å². The number of carbonyl (C=O) groups is 2. The van der Waals surface area contributed by atoms with Crippen LogP contribution in [-0.4, -0.2) is 47.9 Å². The van der Waals surface area contributed by atoms with Crippen LogP contribution in [0.2, 0.25) is 0 Å². The van der Waals surface area contributed by atoms with E-state index >= 15 is 0 Å². The lowest BCUT2D eigenvalue weighted by Crippen LogP contribution is -2.39. The van der Waals surface area contributed by atoms with Gasteiger partial charge in [0.15, 0.2) is 0 Å². The molecule has 2 atom stereocenters. The molecular formula is C22H23N3O3. The Morgan fingerprint density at radius 2 is 1.86 bits per heavy atom. The first-order chi connectivity index (χ1) is 13.5. The molecule has 144 valence electrons. The molecule has 3 aromatic rings. The van der Waals surface area contributed by atoms with Gasteiger partial charge in [0.05, 0.1) is 13.2 Å². The minimum absolute atomic E-state index is 0.0307. The smallest absolute Gasteiger partial charge is 0.270 e. The van der Waals surface area contributed by atoms with Gasteiger partial charge in [-0.05, 0) is 29.8 Å². The topological polar surface area (TPSA) is 74.4 Å². The lowest BCUT2D eigenvalue weighted by Gasteiger charge is -2.19. The van der Waals surface area contributed by atoms with Crippen molar-refractivity contribution in [2.45, 2.75) is 18.9 Å². The predicted molar refractivity (Wildman–Crippen MR) is 108 cm³/mol. The van der Waals surface area contributed by atoms with Crippen LogP contribution in [0.4, 0.5) is 0 Å². The zero-order valence-corrected chi connectivity index (χ0v) is 15.9. The van der Waals surface area contributed by atoms with Crippen LogP contribution < -0.4 is 10.1 Å². The third kappa shape index (κ3) is 3.45. The summed E-state index contributed by atoms with van der Waals surface area (Å²) in [5, 5.41) is 4.02. The Labute approximate surface area is 163 Å². The minimum Gasteiger partial charge on any atom is -0.497 e. The second kappa shape index (κ2) is 7.38. The van der Waals surface area contributed by atoms with Crippen LogP contribution in [0.3, 0.4) is 0 Å². The van der Waals surface area contributed by atoms with Crippen LogP contribution in [0.25, 0.3) is 10.9 Å². The van der Waals surface area contributed by atoms with Gasteiger partial charge in [0.1, 0.15) is 11.4 Å². The number of amides is 2. The third-order valence-corrected chi connectivity index (χ3v) is 5.30. The van der Waals surface area contributed by atoms with Crippen molar-refractivity contribution in [3.8, 4) is 5.75 Å². The summed E-state index contributed by atoms with van der Waals surface area (Å²) >= 11 is 0. The first kappa shape index (κ1) is 18.1. The van der Waals surface area contributed by atoms with Crippen molar-refractivity contribution in [3.63, 3.8) is 0 Å². The molecule has 0 aliphatic carbocycles. The van der Waals surface area contributed by atoms with Crippen molar-refractivity contribution < 1.29 is 14.3 Å². The van der Waals surface area contributed by atoms with Gasteiger partial charge < -0.3 is 19.9 Å². The van der Waals surface area contributed by atoms with Gasteiger partial charge in [-0.3, -0.25) is 9.59 Å². The number of aromatic amines is 1. The number of H-pyrrole nitrogens is 1. The van der Waals surface area contributed by atoms with Gasteiger partial charge >= 0.3 is 0 Å². The summed E-state index contributed by atoms with van der Waals surface area (Å²) in [6, 6.07) is 17.4. The summed E-state index contributed by atoms with van der Waals surface area (Å²) in [5.74, 6) is 0.665. The second-order valence-corrected chi connectivity index (χ2v) is 7.17. The maximum Gasteiger partial charge on any atom is 0.270 e. The molecule has 1 fully saturated rings. The van der Waals surface area contributed by atoms with Crippen molar-refractivity contribution in [2.75, 3.05) is 20.2 Å². The van der Waals surface area contributed by atoms with Crippen LogP contribution in [0.1, 0.15) is 28.9 Å². The maximum absolute atomic E-state index is 13.1. The summed E-state index contributed by atoms with van der Waals surface area (Å²) < 4.78 is 5.23. The highest BCUT2D eigenvalue weighted by Crippen LogP contribution is 2.30. The van der Waals surface area contributed by atoms with E-state index in [-0.39, 0.29) is 23.8 Å². The number of methoxy groups -OCH3 is 1. The number of hydrogen-bond acceptors (Lipinski definition) is 3. The maximum atomic E-state index is 13.1. The fourth-order valence-corrected chi connectivity index (χ4v) is 3.92. The molecule has 1 aliphatic rings. The number of ether oxygens (including phenoxy) is 1. The van der Waals surface area contributed by atoms with Crippen LogP contribution in [0.15, 0.2) is 54.6 Å². The monoisotopic (exact) mass is 377 g/mol. The summed E-state index contributed by atoms with van der Waals surface area (Å²) in [5.41, 5.74) is 2.58. The molecule has 0 bridgehead atoms. The van der Waals surface area contributed by atoms with E-state index in [9.17, 15) is 9.59 Å². The van der Waals surface area contributed by atoms with E-state index < -0.39 is 0 Å². The molecule has 2 amide bonds. The van der Waals surface area contributed by atoms with Crippen molar-refractivity contribution in [1.29, 1.82) is 0 Å². The van der Waals surface area contributed by atoms with Gasteiger partial charge in [0.25, 0.3) is 5.91 Å². The third-order valence-electron chi connectivity index (χ3n) is 5.30. The van der Waals surface area contributed by atoms with Crippen molar-refractivity contribution in [3.05, 3.63) is 65.9 Å². The van der Waals surface area contributed by atoms with Crippen LogP contribution >= 0.6 is 0 Å². The number of likely N-dealkylation sites (tertiary alicyclic amines) is 1. The first-order valence-corrected chi connectivity index (χ1v) is 9.33. The Hall–Kier alpha value is -3.28. The molecule has 1 aromatic heterocycles. The molecule has 2 N–H and O–H groups in total. The Balaban J connectivity index is 1.59. The molecule has 2 aromatic carbocycles. The van der Waals surface area contributed by atoms with Crippen LogP contribution in [0.5, 0.6) is 5.75 Å². The van der Waals surface area contributed by atoms with E-state index in [0.29, 0.717) is 18.8 Å². The Morgan fingerprint density at radius 3 is 2.54 bits per heavy atom. The highest BCUT2D eigenvalue weighted by Gasteiger charge is 2.37. The lowest BCUT2D eigenvalue weighted by molar-refractivity contribution is -0.119. The quantitative estimate of drug-likeness (QED) is 0.734. The summed E-state index contributed by atoms with van der Waals surface area (Å²) in [6.45, 7) is 2.53. The number of aromatic nitrogens is 1. The average molecular weight is 377 g/mol. The summed E-state index contributed by atoms with van der Waals surface area (Å²) in [6.07, 6.45) is 0. The fourth-order valence-electron chi connectivity index (χ4n) is 3.92. The van der Waals surface area contributed by atoms with E-state index in [1.807, 2.05) is 54.6 Å². The SMILES string of the molecule is COc1ccc([C@@H]2CN(C(=O)c3cc4ccccc4[nH]3)C[C@H]2NC(C)=O)cc1. The van der Waals surface area contributed by atoms with Gasteiger partial charge in [-0.25, -0.2) is 0 Å². The largest absolute Gasteiger partial charge is 0.497 e. The molecule has 1 aliphatic heterocycles. The van der Waals surface area contributed by atoms with Crippen LogP contribution in [-0.2, 0) is 4.79 Å². The molecule has 28 heavy (non-hydrogen) atoms. The van der Waals surface area contributed by atoms with E-state index in [1.165, 1.54) is 6.92 Å². The van der Waals surface area contributed by atoms with E-state index in [0.717, 1.165) is 22.2 Å². The zero-order valence-electron chi connectivity index (χ0n) is 15.9. The molecule has 4 rings (SSSR count). The normalized spacial score (nSPS) is 19.0. The summed E-state index contributed by atoms with van der Waals surface area (Å²) in [4.78, 5) is 29.8. The molecule has 6 heteroatoms. The van der Waals surface area contributed by atoms with E-state index in [2.05, 4.69) is 10.3 Å². The van der Waals surface area contributed by atoms with Gasteiger partial charge in [0.2, 0.25) is 5.91 Å². The van der Waals surface area contributed by atoms with E-state index in [1.54, 1.807) is 12.0 Å². The lowest BCUT2D eigenvalue weighted by atomic mass is 9.94. The Bertz CT molecular complexity index is 976. The van der Waals surface area contributed by atoms with Gasteiger partial charge in [-0.1, -0.05) is 30.3 Å². The highest BCUT2D eigenvalue weighted by atomic mass is 16.5.